The summed E-state index contributed by atoms with van der Waals surface area (Å²) in [6, 6.07) is 22.7. The molecule has 0 saturated carbocycles. The molecule has 1 aromatic heterocycles. The molecule has 2 aromatic carbocycles. The predicted octanol–water partition coefficient (Wildman–Crippen LogP) is 3.74. The number of para-hydroxylation sites is 1. The summed E-state index contributed by atoms with van der Waals surface area (Å²) in [4.78, 5) is 4.56. The highest BCUT2D eigenvalue weighted by molar-refractivity contribution is 5.88. The summed E-state index contributed by atoms with van der Waals surface area (Å²) in [6.45, 7) is 5.25. The molecule has 0 N–H and O–H groups in total. The Balaban J connectivity index is 1.45. The van der Waals surface area contributed by atoms with Gasteiger partial charge in [0.2, 0.25) is 0 Å². The first kappa shape index (κ1) is 21.3. The van der Waals surface area contributed by atoms with Gasteiger partial charge in [-0.2, -0.15) is 5.10 Å². The van der Waals surface area contributed by atoms with Crippen molar-refractivity contribution in [3.05, 3.63) is 83.7 Å². The van der Waals surface area contributed by atoms with Gasteiger partial charge in [0.1, 0.15) is 6.54 Å². The molecule has 0 radical (unpaired) electrons. The summed E-state index contributed by atoms with van der Waals surface area (Å²) >= 11 is 0. The number of nitrogens with zero attached hydrogens (tertiary/aromatic N) is 4. The normalized spacial score (nSPS) is 21.9. The Morgan fingerprint density at radius 1 is 1.06 bits per heavy atom. The Kier molecular flexibility index (Phi) is 6.52. The Hall–Kier alpha value is -2.92. The minimum Gasteiger partial charge on any atom is -0.857 e. The number of aliphatic imine (C=N–C) groups is 1. The van der Waals surface area contributed by atoms with E-state index in [0.717, 1.165) is 61.2 Å². The molecule has 5 heteroatoms. The van der Waals surface area contributed by atoms with Crippen LogP contribution in [-0.2, 0) is 13.0 Å². The number of piperidine rings is 1. The van der Waals surface area contributed by atoms with Gasteiger partial charge in [0.05, 0.1) is 37.6 Å². The Bertz CT molecular complexity index is 1000. The molecule has 1 saturated heterocycles. The van der Waals surface area contributed by atoms with Crippen molar-refractivity contribution in [1.29, 1.82) is 0 Å². The lowest BCUT2D eigenvalue weighted by Gasteiger charge is -2.40. The molecule has 1 aliphatic rings. The number of quaternary nitrogens is 1. The first-order valence-corrected chi connectivity index (χ1v) is 11.3. The topological polar surface area (TPSA) is 53.2 Å². The molecule has 4 rings (SSSR count). The van der Waals surface area contributed by atoms with Crippen LogP contribution in [0.2, 0.25) is 0 Å². The second-order valence-corrected chi connectivity index (χ2v) is 8.89. The highest BCUT2D eigenvalue weighted by atomic mass is 16.3. The average Bonchev–Trinajstić information content (AvgIpc) is 3.21. The Labute approximate surface area is 185 Å². The second-order valence-electron chi connectivity index (χ2n) is 8.89. The van der Waals surface area contributed by atoms with Gasteiger partial charge < -0.3 is 9.59 Å². The lowest BCUT2D eigenvalue weighted by molar-refractivity contribution is -0.927. The monoisotopic (exact) mass is 416 g/mol. The van der Waals surface area contributed by atoms with E-state index in [4.69, 9.17) is 0 Å². The number of aromatic nitrogens is 2. The van der Waals surface area contributed by atoms with Crippen molar-refractivity contribution in [2.24, 2.45) is 4.99 Å². The van der Waals surface area contributed by atoms with E-state index in [0.29, 0.717) is 5.69 Å². The SMILES string of the molecule is CCCc1cc(C([O-])=NC2CC[N+](C)(Cc3ccccc3)CC2)nn1-c1ccccc1. The van der Waals surface area contributed by atoms with Crippen molar-refractivity contribution in [3.8, 4) is 5.69 Å². The highest BCUT2D eigenvalue weighted by Crippen LogP contribution is 2.23. The highest BCUT2D eigenvalue weighted by Gasteiger charge is 2.30. The molecule has 5 nitrogen and oxygen atoms in total. The molecule has 1 fully saturated rings. The van der Waals surface area contributed by atoms with Gasteiger partial charge in [0, 0.05) is 30.0 Å². The van der Waals surface area contributed by atoms with Crippen LogP contribution in [0.1, 0.15) is 43.1 Å². The summed E-state index contributed by atoms with van der Waals surface area (Å²) in [5.74, 6) is -0.184. The molecular weight excluding hydrogens is 384 g/mol. The fourth-order valence-corrected chi connectivity index (χ4v) is 4.47. The molecule has 1 aliphatic heterocycles. The van der Waals surface area contributed by atoms with Crippen molar-refractivity contribution in [2.45, 2.75) is 45.2 Å². The van der Waals surface area contributed by atoms with Gasteiger partial charge in [-0.25, -0.2) is 4.68 Å². The van der Waals surface area contributed by atoms with Crippen molar-refractivity contribution in [3.63, 3.8) is 0 Å². The largest absolute Gasteiger partial charge is 0.857 e. The van der Waals surface area contributed by atoms with Crippen LogP contribution in [-0.4, -0.2) is 46.3 Å². The van der Waals surface area contributed by atoms with Gasteiger partial charge in [-0.1, -0.05) is 61.9 Å². The van der Waals surface area contributed by atoms with Crippen LogP contribution in [0.15, 0.2) is 71.7 Å². The van der Waals surface area contributed by atoms with E-state index in [-0.39, 0.29) is 11.9 Å². The van der Waals surface area contributed by atoms with Crippen LogP contribution in [0.3, 0.4) is 0 Å². The number of hydrogen-bond acceptors (Lipinski definition) is 3. The lowest BCUT2D eigenvalue weighted by Crippen LogP contribution is -2.50. The standard InChI is InChI=1S/C26H32N4O/c1-3-10-24-19-25(28-29(24)23-13-8-5-9-14-23)26(31)27-22-15-17-30(2,18-16-22)20-21-11-6-4-7-12-21/h4-9,11-14,19,22H,3,10,15-18,20H2,1-2H3. The van der Waals surface area contributed by atoms with Gasteiger partial charge >= 0.3 is 0 Å². The lowest BCUT2D eigenvalue weighted by atomic mass is 10.0. The van der Waals surface area contributed by atoms with Crippen LogP contribution in [0.4, 0.5) is 0 Å². The molecule has 0 aliphatic carbocycles. The average molecular weight is 417 g/mol. The van der Waals surface area contributed by atoms with Crippen molar-refractivity contribution >= 4 is 5.90 Å². The van der Waals surface area contributed by atoms with E-state index in [1.54, 1.807) is 0 Å². The zero-order valence-electron chi connectivity index (χ0n) is 18.6. The smallest absolute Gasteiger partial charge is 0.104 e. The van der Waals surface area contributed by atoms with Gasteiger partial charge in [-0.15, -0.1) is 0 Å². The summed E-state index contributed by atoms with van der Waals surface area (Å²) in [6.07, 6.45) is 3.77. The van der Waals surface area contributed by atoms with Gasteiger partial charge in [-0.3, -0.25) is 4.99 Å². The zero-order chi connectivity index (χ0) is 21.7. The number of hydrogen-bond donors (Lipinski definition) is 0. The summed E-state index contributed by atoms with van der Waals surface area (Å²) < 4.78 is 2.90. The Morgan fingerprint density at radius 3 is 2.35 bits per heavy atom. The third kappa shape index (κ3) is 5.23. The number of benzene rings is 2. The van der Waals surface area contributed by atoms with E-state index in [2.05, 4.69) is 54.4 Å². The molecule has 0 amide bonds. The van der Waals surface area contributed by atoms with Crippen LogP contribution >= 0.6 is 0 Å². The summed E-state index contributed by atoms with van der Waals surface area (Å²) in [7, 11) is 2.31. The molecule has 2 heterocycles. The molecule has 0 unspecified atom stereocenters. The van der Waals surface area contributed by atoms with E-state index < -0.39 is 0 Å². The van der Waals surface area contributed by atoms with E-state index in [1.807, 2.05) is 41.1 Å². The molecule has 31 heavy (non-hydrogen) atoms. The fraction of sp³-hybridized carbons (Fsp3) is 0.385. The fourth-order valence-electron chi connectivity index (χ4n) is 4.47. The van der Waals surface area contributed by atoms with Crippen molar-refractivity contribution < 1.29 is 9.59 Å². The van der Waals surface area contributed by atoms with E-state index in [1.165, 1.54) is 5.56 Å². The quantitative estimate of drug-likeness (QED) is 0.335. The van der Waals surface area contributed by atoms with Gasteiger partial charge in [0.25, 0.3) is 0 Å². The summed E-state index contributed by atoms with van der Waals surface area (Å²) in [5.41, 5.74) is 3.87. The van der Waals surface area contributed by atoms with Gasteiger partial charge in [0.15, 0.2) is 0 Å². The third-order valence-electron chi connectivity index (χ3n) is 6.22. The minimum atomic E-state index is -0.184. The van der Waals surface area contributed by atoms with Crippen molar-refractivity contribution in [1.82, 2.24) is 9.78 Å². The van der Waals surface area contributed by atoms with Crippen molar-refractivity contribution in [2.75, 3.05) is 20.1 Å². The molecule has 0 spiro atoms. The first-order valence-electron chi connectivity index (χ1n) is 11.3. The van der Waals surface area contributed by atoms with E-state index in [9.17, 15) is 5.11 Å². The number of likely N-dealkylation sites (tertiary alicyclic amines) is 1. The van der Waals surface area contributed by atoms with Crippen LogP contribution in [0.25, 0.3) is 5.69 Å². The number of aryl methyl sites for hydroxylation is 1. The van der Waals surface area contributed by atoms with Crippen LogP contribution < -0.4 is 5.11 Å². The first-order chi connectivity index (χ1) is 15.1. The molecular formula is C26H32N4O. The maximum Gasteiger partial charge on any atom is 0.104 e. The third-order valence-corrected chi connectivity index (χ3v) is 6.22. The molecule has 0 bridgehead atoms. The molecule has 0 atom stereocenters. The van der Waals surface area contributed by atoms with Crippen LogP contribution in [0.5, 0.6) is 0 Å². The maximum absolute atomic E-state index is 12.9. The second kappa shape index (κ2) is 9.48. The predicted molar refractivity (Wildman–Crippen MR) is 123 cm³/mol. The summed E-state index contributed by atoms with van der Waals surface area (Å²) in [5, 5.41) is 17.5. The molecule has 3 aromatic rings. The Morgan fingerprint density at radius 2 is 1.71 bits per heavy atom. The van der Waals surface area contributed by atoms with Gasteiger partial charge in [-0.05, 0) is 24.6 Å². The van der Waals surface area contributed by atoms with Crippen LogP contribution in [0, 0.1) is 0 Å². The maximum atomic E-state index is 12.9. The number of rotatable bonds is 7. The van der Waals surface area contributed by atoms with E-state index >= 15 is 0 Å². The minimum absolute atomic E-state index is 0.0889. The zero-order valence-corrected chi connectivity index (χ0v) is 18.6. The molecule has 162 valence electrons.